The Hall–Kier alpha value is -3.50. The van der Waals surface area contributed by atoms with Crippen LogP contribution in [0.2, 0.25) is 0 Å². The van der Waals surface area contributed by atoms with Gasteiger partial charge in [-0.25, -0.2) is 0 Å². The molecule has 0 aliphatic carbocycles. The van der Waals surface area contributed by atoms with Gasteiger partial charge in [-0.1, -0.05) is 38.1 Å². The molecular weight excluding hydrogens is 456 g/mol. The number of carbonyl (C=O) groups is 1. The summed E-state index contributed by atoms with van der Waals surface area (Å²) in [5.74, 6) is 1.28. The van der Waals surface area contributed by atoms with E-state index in [4.69, 9.17) is 14.7 Å². The van der Waals surface area contributed by atoms with Crippen LogP contribution in [0.25, 0.3) is 5.65 Å². The lowest BCUT2D eigenvalue weighted by molar-refractivity contribution is -0.111. The predicted octanol–water partition coefficient (Wildman–Crippen LogP) is 3.51. The third-order valence-corrected chi connectivity index (χ3v) is 6.02. The number of amides is 1. The molecule has 0 bridgehead atoms. The van der Waals surface area contributed by atoms with Gasteiger partial charge in [0.1, 0.15) is 0 Å². The van der Waals surface area contributed by atoms with Crippen LogP contribution in [-0.4, -0.2) is 70.3 Å². The zero-order chi connectivity index (χ0) is 25.5. The van der Waals surface area contributed by atoms with Gasteiger partial charge in [0.05, 0.1) is 6.20 Å². The highest BCUT2D eigenvalue weighted by Crippen LogP contribution is 2.24. The molecule has 3 N–H and O–H groups in total. The first-order valence-electron chi connectivity index (χ1n) is 12.4. The normalized spacial score (nSPS) is 14.7. The minimum atomic E-state index is -0.162. The van der Waals surface area contributed by atoms with Crippen molar-refractivity contribution in [1.29, 1.82) is 0 Å². The number of nitrogens with one attached hydrogen (secondary N) is 3. The second kappa shape index (κ2) is 12.0. The van der Waals surface area contributed by atoms with E-state index in [1.807, 2.05) is 55.5 Å². The molecule has 1 amide bonds. The number of carbonyl (C=O) groups excluding carboxylic acids is 1. The van der Waals surface area contributed by atoms with E-state index in [0.717, 1.165) is 48.5 Å². The summed E-state index contributed by atoms with van der Waals surface area (Å²) < 4.78 is 7.23. The maximum atomic E-state index is 12.4. The fourth-order valence-corrected chi connectivity index (χ4v) is 4.02. The molecule has 1 saturated heterocycles. The van der Waals surface area contributed by atoms with Crippen molar-refractivity contribution in [3.05, 3.63) is 53.7 Å². The molecule has 3 heterocycles. The summed E-state index contributed by atoms with van der Waals surface area (Å²) >= 11 is 0. The molecule has 4 rings (SSSR count). The predicted molar refractivity (Wildman–Crippen MR) is 142 cm³/mol. The molecule has 36 heavy (non-hydrogen) atoms. The van der Waals surface area contributed by atoms with Gasteiger partial charge in [0.2, 0.25) is 17.8 Å². The van der Waals surface area contributed by atoms with E-state index in [1.54, 1.807) is 10.6 Å². The van der Waals surface area contributed by atoms with Crippen LogP contribution >= 0.6 is 0 Å². The lowest BCUT2D eigenvalue weighted by Gasteiger charge is -2.23. The molecule has 3 aromatic rings. The molecule has 1 aliphatic heterocycles. The average molecular weight is 493 g/mol. The quantitative estimate of drug-likeness (QED) is 0.369. The van der Waals surface area contributed by atoms with E-state index < -0.39 is 0 Å². The number of anilines is 3. The second-order valence-corrected chi connectivity index (χ2v) is 9.56. The fourth-order valence-electron chi connectivity index (χ4n) is 4.02. The van der Waals surface area contributed by atoms with Crippen molar-refractivity contribution >= 4 is 29.1 Å². The third-order valence-electron chi connectivity index (χ3n) is 6.02. The first kappa shape index (κ1) is 25.6. The minimum Gasteiger partial charge on any atom is -0.381 e. The number of rotatable bonds is 10. The Labute approximate surface area is 212 Å². The van der Waals surface area contributed by atoms with Crippen LogP contribution in [0.1, 0.15) is 43.7 Å². The molecule has 0 atom stereocenters. The van der Waals surface area contributed by atoms with Crippen LogP contribution in [0.15, 0.2) is 42.6 Å². The van der Waals surface area contributed by atoms with Crippen molar-refractivity contribution in [2.45, 2.75) is 45.2 Å². The fraction of sp³-hybridized carbons (Fsp3) is 0.462. The Morgan fingerprint density at radius 3 is 2.75 bits per heavy atom. The van der Waals surface area contributed by atoms with Gasteiger partial charge >= 0.3 is 0 Å². The summed E-state index contributed by atoms with van der Waals surface area (Å²) in [6, 6.07) is 8.01. The number of aromatic nitrogens is 4. The maximum Gasteiger partial charge on any atom is 0.248 e. The summed E-state index contributed by atoms with van der Waals surface area (Å²) in [6.45, 7) is 6.89. The molecule has 10 nitrogen and oxygen atoms in total. The largest absolute Gasteiger partial charge is 0.381 e. The molecular formula is C26H36N8O2. The van der Waals surface area contributed by atoms with Gasteiger partial charge in [0, 0.05) is 49.7 Å². The molecule has 192 valence electrons. The van der Waals surface area contributed by atoms with E-state index in [9.17, 15) is 4.79 Å². The van der Waals surface area contributed by atoms with Crippen molar-refractivity contribution in [1.82, 2.24) is 24.5 Å². The first-order chi connectivity index (χ1) is 17.4. The highest BCUT2D eigenvalue weighted by molar-refractivity contribution is 5.99. The summed E-state index contributed by atoms with van der Waals surface area (Å²) in [6.07, 6.45) is 7.09. The lowest BCUT2D eigenvalue weighted by atomic mass is 10.1. The monoisotopic (exact) mass is 492 g/mol. The number of hydrogen-bond acceptors (Lipinski definition) is 8. The van der Waals surface area contributed by atoms with E-state index in [2.05, 4.69) is 34.9 Å². The van der Waals surface area contributed by atoms with Crippen molar-refractivity contribution in [2.24, 2.45) is 0 Å². The number of benzene rings is 1. The van der Waals surface area contributed by atoms with E-state index in [1.165, 1.54) is 0 Å². The van der Waals surface area contributed by atoms with E-state index in [0.29, 0.717) is 25.0 Å². The topological polar surface area (TPSA) is 109 Å². The van der Waals surface area contributed by atoms with Gasteiger partial charge in [-0.2, -0.15) is 19.6 Å². The first-order valence-corrected chi connectivity index (χ1v) is 12.4. The zero-order valence-corrected chi connectivity index (χ0v) is 21.5. The summed E-state index contributed by atoms with van der Waals surface area (Å²) in [5, 5.41) is 14.4. The van der Waals surface area contributed by atoms with Gasteiger partial charge in [0.25, 0.3) is 0 Å². The molecule has 10 heteroatoms. The molecule has 1 aliphatic rings. The molecule has 0 radical (unpaired) electrons. The van der Waals surface area contributed by atoms with Crippen LogP contribution in [0.4, 0.5) is 17.6 Å². The Morgan fingerprint density at radius 1 is 1.22 bits per heavy atom. The SMILES string of the molecule is CC(C)c1cnn2c(NCc3ccccc3NC(=O)C=CCN(C)C)nc(NC3CCOCC3)nc12. The minimum absolute atomic E-state index is 0.162. The van der Waals surface area contributed by atoms with Gasteiger partial charge in [0.15, 0.2) is 5.65 Å². The zero-order valence-electron chi connectivity index (χ0n) is 21.5. The Morgan fingerprint density at radius 2 is 2.00 bits per heavy atom. The highest BCUT2D eigenvalue weighted by atomic mass is 16.5. The number of ether oxygens (including phenoxy) is 1. The Kier molecular flexibility index (Phi) is 8.50. The number of hydrogen-bond donors (Lipinski definition) is 3. The number of nitrogens with zero attached hydrogens (tertiary/aromatic N) is 5. The average Bonchev–Trinajstić information content (AvgIpc) is 3.28. The third kappa shape index (κ3) is 6.58. The Balaban J connectivity index is 1.54. The molecule has 1 aromatic carbocycles. The van der Waals surface area contributed by atoms with Crippen LogP contribution < -0.4 is 16.0 Å². The molecule has 0 spiro atoms. The van der Waals surface area contributed by atoms with Crippen molar-refractivity contribution in [2.75, 3.05) is 49.8 Å². The smallest absolute Gasteiger partial charge is 0.248 e. The van der Waals surface area contributed by atoms with E-state index in [-0.39, 0.29) is 17.9 Å². The maximum absolute atomic E-state index is 12.4. The molecule has 0 saturated carbocycles. The molecule has 0 unspecified atom stereocenters. The van der Waals surface area contributed by atoms with Crippen molar-refractivity contribution in [3.8, 4) is 0 Å². The summed E-state index contributed by atoms with van der Waals surface area (Å²) in [5.41, 5.74) is 3.53. The highest BCUT2D eigenvalue weighted by Gasteiger charge is 2.19. The van der Waals surface area contributed by atoms with Gasteiger partial charge in [-0.15, -0.1) is 0 Å². The second-order valence-electron chi connectivity index (χ2n) is 9.56. The van der Waals surface area contributed by atoms with Crippen LogP contribution in [0, 0.1) is 0 Å². The van der Waals surface area contributed by atoms with Crippen LogP contribution in [-0.2, 0) is 16.1 Å². The van der Waals surface area contributed by atoms with Gasteiger partial charge in [-0.05, 0) is 44.5 Å². The van der Waals surface area contributed by atoms with Gasteiger partial charge < -0.3 is 25.6 Å². The van der Waals surface area contributed by atoms with Crippen LogP contribution in [0.5, 0.6) is 0 Å². The van der Waals surface area contributed by atoms with Gasteiger partial charge in [-0.3, -0.25) is 4.79 Å². The molecule has 2 aromatic heterocycles. The summed E-state index contributed by atoms with van der Waals surface area (Å²) in [4.78, 5) is 23.9. The van der Waals surface area contributed by atoms with Crippen molar-refractivity contribution in [3.63, 3.8) is 0 Å². The number of para-hydroxylation sites is 1. The van der Waals surface area contributed by atoms with Crippen LogP contribution in [0.3, 0.4) is 0 Å². The standard InChI is InChI=1S/C26H36N8O2/c1-18(2)21-17-28-34-24(21)31-25(29-20-11-14-36-15-12-20)32-26(34)27-16-19-8-5-6-9-22(19)30-23(35)10-7-13-33(3)4/h5-10,17-18,20H,11-16H2,1-4H3,(H,30,35)(H2,27,29,31,32). The number of fused-ring (bicyclic) bond motifs is 1. The number of likely N-dealkylation sites (N-methyl/N-ethyl adjacent to an activating group) is 1. The van der Waals surface area contributed by atoms with Crippen molar-refractivity contribution < 1.29 is 9.53 Å². The lowest BCUT2D eigenvalue weighted by Crippen LogP contribution is -2.29. The summed E-state index contributed by atoms with van der Waals surface area (Å²) in [7, 11) is 3.92. The molecule has 1 fully saturated rings. The van der Waals surface area contributed by atoms with E-state index >= 15 is 0 Å². The Bertz CT molecular complexity index is 1200.